The average molecular weight is 224 g/mol. The highest BCUT2D eigenvalue weighted by molar-refractivity contribution is 9.10. The molecule has 0 saturated carbocycles. The van der Waals surface area contributed by atoms with Crippen molar-refractivity contribution in [3.05, 3.63) is 0 Å². The predicted octanol–water partition coefficient (Wildman–Crippen LogP) is 1.09. The van der Waals surface area contributed by atoms with Crippen LogP contribution in [0.5, 0.6) is 0 Å². The minimum Gasteiger partial charge on any atom is -0.366 e. The number of carbonyl (C=O) groups is 1. The molecule has 60 valence electrons. The van der Waals surface area contributed by atoms with Gasteiger partial charge in [-0.1, -0.05) is 0 Å². The minimum atomic E-state index is -5.31. The van der Waals surface area contributed by atoms with Gasteiger partial charge in [0.15, 0.2) is 0 Å². The van der Waals surface area contributed by atoms with Crippen LogP contribution in [0.2, 0.25) is 0 Å². The molecule has 0 unspecified atom stereocenters. The van der Waals surface area contributed by atoms with Crippen molar-refractivity contribution in [1.29, 1.82) is 0 Å². The van der Waals surface area contributed by atoms with Crippen LogP contribution in [0.15, 0.2) is 0 Å². The molecule has 0 aromatic rings. The maximum atomic E-state index is 12.0. The van der Waals surface area contributed by atoms with E-state index in [4.69, 9.17) is 0 Å². The third kappa shape index (κ3) is 1.59. The Bertz CT molecular complexity index is 153. The molecule has 0 rings (SSSR count). The normalized spacial score (nSPS) is 18.1. The summed E-state index contributed by atoms with van der Waals surface area (Å²) in [6, 6.07) is 0. The van der Waals surface area contributed by atoms with Crippen molar-refractivity contribution in [3.63, 3.8) is 0 Å². The molecule has 1 amide bonds. The maximum Gasteiger partial charge on any atom is 0.442 e. The van der Waals surface area contributed by atoms with Crippen LogP contribution >= 0.6 is 15.9 Å². The van der Waals surface area contributed by atoms with E-state index in [1.165, 1.54) is 15.9 Å². The maximum absolute atomic E-state index is 12.0. The number of primary amides is 1. The zero-order valence-electron chi connectivity index (χ0n) is 4.38. The van der Waals surface area contributed by atoms with Crippen molar-refractivity contribution < 1.29 is 22.4 Å². The fourth-order valence-corrected chi connectivity index (χ4v) is 0.140. The SMILES string of the molecule is NC(=O)[C@](F)(Br)C(F)(F)F. The summed E-state index contributed by atoms with van der Waals surface area (Å²) in [7, 11) is 0. The summed E-state index contributed by atoms with van der Waals surface area (Å²) >= 11 is 1.50. The Morgan fingerprint density at radius 2 is 1.60 bits per heavy atom. The molecule has 0 radical (unpaired) electrons. The van der Waals surface area contributed by atoms with Gasteiger partial charge in [0.05, 0.1) is 0 Å². The quantitative estimate of drug-likeness (QED) is 0.525. The highest BCUT2D eigenvalue weighted by Gasteiger charge is 2.59. The zero-order valence-corrected chi connectivity index (χ0v) is 5.96. The molecule has 0 aromatic heterocycles. The van der Waals surface area contributed by atoms with Crippen LogP contribution in [0.1, 0.15) is 0 Å². The van der Waals surface area contributed by atoms with E-state index >= 15 is 0 Å². The van der Waals surface area contributed by atoms with Gasteiger partial charge >= 0.3 is 10.8 Å². The largest absolute Gasteiger partial charge is 0.442 e. The van der Waals surface area contributed by atoms with Gasteiger partial charge in [0, 0.05) is 0 Å². The monoisotopic (exact) mass is 223 g/mol. The molecule has 0 saturated heterocycles. The Balaban J connectivity index is 4.57. The first-order chi connectivity index (χ1) is 4.19. The first-order valence-electron chi connectivity index (χ1n) is 1.94. The van der Waals surface area contributed by atoms with E-state index in [0.29, 0.717) is 0 Å². The van der Waals surface area contributed by atoms with Crippen molar-refractivity contribution >= 4 is 21.8 Å². The standard InChI is InChI=1S/C3H2BrF4NO/c4-2(5,1(9)10)3(6,7)8/h(H2,9,10)/t2-/m1/s1. The van der Waals surface area contributed by atoms with Crippen LogP contribution in [0.4, 0.5) is 17.6 Å². The van der Waals surface area contributed by atoms with Crippen molar-refractivity contribution in [1.82, 2.24) is 0 Å². The van der Waals surface area contributed by atoms with E-state index in [0.717, 1.165) is 0 Å². The molecule has 0 spiro atoms. The molecule has 7 heteroatoms. The summed E-state index contributed by atoms with van der Waals surface area (Å²) < 4.78 is 42.0. The van der Waals surface area contributed by atoms with E-state index in [1.807, 2.05) is 0 Å². The van der Waals surface area contributed by atoms with Crippen molar-refractivity contribution in [2.75, 3.05) is 0 Å². The van der Waals surface area contributed by atoms with Gasteiger partial charge in [-0.25, -0.2) is 4.39 Å². The summed E-state index contributed by atoms with van der Waals surface area (Å²) in [5, 5.41) is 0. The van der Waals surface area contributed by atoms with Gasteiger partial charge in [-0.05, 0) is 15.9 Å². The summed E-state index contributed by atoms with van der Waals surface area (Å²) in [6.45, 7) is 0. The molecule has 0 heterocycles. The number of halogens is 5. The molecular formula is C3H2BrF4NO. The first kappa shape index (κ1) is 9.67. The molecule has 2 N–H and O–H groups in total. The van der Waals surface area contributed by atoms with Crippen LogP contribution in [0.25, 0.3) is 0 Å². The Hall–Kier alpha value is -0.330. The van der Waals surface area contributed by atoms with E-state index in [9.17, 15) is 22.4 Å². The molecule has 0 aromatic carbocycles. The number of rotatable bonds is 1. The summed E-state index contributed by atoms with van der Waals surface area (Å²) in [4.78, 5) is 9.75. The predicted molar refractivity (Wildman–Crippen MR) is 28.0 cm³/mol. The van der Waals surface area contributed by atoms with E-state index in [2.05, 4.69) is 5.73 Å². The summed E-state index contributed by atoms with van der Waals surface area (Å²) in [5.74, 6) is -2.11. The van der Waals surface area contributed by atoms with Gasteiger partial charge in [-0.2, -0.15) is 13.2 Å². The van der Waals surface area contributed by atoms with Gasteiger partial charge in [0.25, 0.3) is 5.91 Å². The number of carbonyl (C=O) groups excluding carboxylic acids is 1. The second-order valence-corrected chi connectivity index (χ2v) is 2.53. The number of hydrogen-bond donors (Lipinski definition) is 1. The third-order valence-electron chi connectivity index (χ3n) is 0.665. The van der Waals surface area contributed by atoms with Crippen molar-refractivity contribution in [3.8, 4) is 0 Å². The Morgan fingerprint density at radius 3 is 1.60 bits per heavy atom. The van der Waals surface area contributed by atoms with Gasteiger partial charge < -0.3 is 5.73 Å². The molecule has 0 fully saturated rings. The molecule has 2 nitrogen and oxygen atoms in total. The lowest BCUT2D eigenvalue weighted by molar-refractivity contribution is -0.193. The van der Waals surface area contributed by atoms with Crippen LogP contribution < -0.4 is 5.73 Å². The molecule has 0 aliphatic carbocycles. The number of amides is 1. The van der Waals surface area contributed by atoms with Crippen LogP contribution in [-0.2, 0) is 4.79 Å². The zero-order chi connectivity index (χ0) is 8.58. The third-order valence-corrected chi connectivity index (χ3v) is 1.51. The number of nitrogens with two attached hydrogens (primary N) is 1. The lowest BCUT2D eigenvalue weighted by atomic mass is 10.4. The van der Waals surface area contributed by atoms with Crippen LogP contribution in [0.3, 0.4) is 0 Å². The highest BCUT2D eigenvalue weighted by atomic mass is 79.9. The Labute approximate surface area is 61.5 Å². The molecule has 0 aliphatic rings. The fraction of sp³-hybridized carbons (Fsp3) is 0.667. The lowest BCUT2D eigenvalue weighted by Gasteiger charge is -2.16. The van der Waals surface area contributed by atoms with E-state index in [-0.39, 0.29) is 0 Å². The summed E-state index contributed by atoms with van der Waals surface area (Å²) in [6.07, 6.45) is -5.31. The van der Waals surface area contributed by atoms with Crippen LogP contribution in [-0.4, -0.2) is 16.7 Å². The van der Waals surface area contributed by atoms with E-state index in [1.54, 1.807) is 0 Å². The molecule has 0 bridgehead atoms. The highest BCUT2D eigenvalue weighted by Crippen LogP contribution is 2.38. The molecule has 1 atom stereocenters. The average Bonchev–Trinajstić information content (AvgIpc) is 1.62. The molecule has 0 aliphatic heterocycles. The van der Waals surface area contributed by atoms with Crippen LogP contribution in [0, 0.1) is 0 Å². The van der Waals surface area contributed by atoms with E-state index < -0.39 is 16.7 Å². The van der Waals surface area contributed by atoms with Gasteiger partial charge in [-0.15, -0.1) is 0 Å². The van der Waals surface area contributed by atoms with Gasteiger partial charge in [-0.3, -0.25) is 4.79 Å². The van der Waals surface area contributed by atoms with Crippen molar-refractivity contribution in [2.45, 2.75) is 10.8 Å². The summed E-state index contributed by atoms with van der Waals surface area (Å²) in [5.41, 5.74) is 4.08. The minimum absolute atomic E-state index is 1.50. The topological polar surface area (TPSA) is 43.1 Å². The number of hydrogen-bond acceptors (Lipinski definition) is 1. The van der Waals surface area contributed by atoms with Gasteiger partial charge in [0.2, 0.25) is 0 Å². The second kappa shape index (κ2) is 2.37. The second-order valence-electron chi connectivity index (χ2n) is 1.44. The molecular weight excluding hydrogens is 222 g/mol. The first-order valence-corrected chi connectivity index (χ1v) is 2.73. The smallest absolute Gasteiger partial charge is 0.366 e. The van der Waals surface area contributed by atoms with Crippen molar-refractivity contribution in [2.24, 2.45) is 5.73 Å². The fourth-order valence-electron chi connectivity index (χ4n) is 0.140. The Kier molecular flexibility index (Phi) is 2.29. The van der Waals surface area contributed by atoms with Gasteiger partial charge in [0.1, 0.15) is 0 Å². The lowest BCUT2D eigenvalue weighted by Crippen LogP contribution is -2.46. The molecule has 10 heavy (non-hydrogen) atoms. The number of alkyl halides is 5. The Morgan fingerprint density at radius 1 is 1.30 bits per heavy atom.